The molecule has 178 valence electrons. The van der Waals surface area contributed by atoms with Crippen molar-refractivity contribution in [3.8, 4) is 17.2 Å². The Morgan fingerprint density at radius 1 is 1.09 bits per heavy atom. The van der Waals surface area contributed by atoms with Gasteiger partial charge in [-0.2, -0.15) is 0 Å². The van der Waals surface area contributed by atoms with Crippen LogP contribution in [0.3, 0.4) is 0 Å². The fourth-order valence-electron chi connectivity index (χ4n) is 5.52. The SMILES string of the molecule is COc1cnc2ccc(=O)n(CCN3CC4(CC(NCc5cc6c(cn5)OCCO6)C4)C3)c2c1. The highest BCUT2D eigenvalue weighted by atomic mass is 16.6. The predicted octanol–water partition coefficient (Wildman–Crippen LogP) is 1.83. The molecule has 1 saturated heterocycles. The number of likely N-dealkylation sites (tertiary alicyclic amines) is 1. The topological polar surface area (TPSA) is 90.7 Å². The van der Waals surface area contributed by atoms with Crippen molar-refractivity contribution in [1.82, 2.24) is 24.8 Å². The van der Waals surface area contributed by atoms with Gasteiger partial charge in [0.15, 0.2) is 11.5 Å². The van der Waals surface area contributed by atoms with Crippen molar-refractivity contribution in [2.75, 3.05) is 40.0 Å². The van der Waals surface area contributed by atoms with Gasteiger partial charge in [-0.05, 0) is 24.3 Å². The highest BCUT2D eigenvalue weighted by molar-refractivity contribution is 5.75. The van der Waals surface area contributed by atoms with Crippen LogP contribution in [0, 0.1) is 5.41 Å². The second kappa shape index (κ2) is 8.56. The first-order valence-electron chi connectivity index (χ1n) is 11.8. The summed E-state index contributed by atoms with van der Waals surface area (Å²) in [4.78, 5) is 23.8. The zero-order chi connectivity index (χ0) is 23.1. The van der Waals surface area contributed by atoms with E-state index in [1.807, 2.05) is 12.1 Å². The summed E-state index contributed by atoms with van der Waals surface area (Å²) in [7, 11) is 1.61. The second-order valence-corrected chi connectivity index (χ2v) is 9.62. The van der Waals surface area contributed by atoms with Gasteiger partial charge >= 0.3 is 0 Å². The Bertz CT molecular complexity index is 1260. The minimum atomic E-state index is -0.00144. The van der Waals surface area contributed by atoms with E-state index in [2.05, 4.69) is 20.2 Å². The van der Waals surface area contributed by atoms with E-state index in [1.54, 1.807) is 36.2 Å². The number of aromatic nitrogens is 3. The Morgan fingerprint density at radius 3 is 2.74 bits per heavy atom. The third-order valence-corrected chi connectivity index (χ3v) is 7.22. The first-order valence-corrected chi connectivity index (χ1v) is 11.8. The molecule has 1 aliphatic carbocycles. The molecule has 0 radical (unpaired) electrons. The average Bonchev–Trinajstić information content (AvgIpc) is 2.82. The van der Waals surface area contributed by atoms with E-state index in [1.165, 1.54) is 12.8 Å². The summed E-state index contributed by atoms with van der Waals surface area (Å²) < 4.78 is 18.3. The van der Waals surface area contributed by atoms with Gasteiger partial charge in [0.25, 0.3) is 5.56 Å². The summed E-state index contributed by atoms with van der Waals surface area (Å²) in [6.45, 7) is 5.60. The van der Waals surface area contributed by atoms with Crippen LogP contribution in [0.4, 0.5) is 0 Å². The summed E-state index contributed by atoms with van der Waals surface area (Å²) in [6, 6.07) is 7.75. The molecule has 0 bridgehead atoms. The molecule has 34 heavy (non-hydrogen) atoms. The molecule has 2 aliphatic heterocycles. The first-order chi connectivity index (χ1) is 16.6. The molecule has 1 spiro atoms. The van der Waals surface area contributed by atoms with Gasteiger partial charge in [-0.3, -0.25) is 14.8 Å². The van der Waals surface area contributed by atoms with Crippen molar-refractivity contribution >= 4 is 11.0 Å². The van der Waals surface area contributed by atoms with E-state index >= 15 is 0 Å². The maximum Gasteiger partial charge on any atom is 0.251 e. The zero-order valence-electron chi connectivity index (χ0n) is 19.3. The Labute approximate surface area is 197 Å². The van der Waals surface area contributed by atoms with Gasteiger partial charge in [0.2, 0.25) is 0 Å². The van der Waals surface area contributed by atoms with E-state index in [-0.39, 0.29) is 5.56 Å². The van der Waals surface area contributed by atoms with Gasteiger partial charge in [-0.1, -0.05) is 0 Å². The summed E-state index contributed by atoms with van der Waals surface area (Å²) in [5.74, 6) is 2.18. The molecule has 0 unspecified atom stereocenters. The normalized spacial score (nSPS) is 19.1. The monoisotopic (exact) mass is 463 g/mol. The quantitative estimate of drug-likeness (QED) is 0.568. The zero-order valence-corrected chi connectivity index (χ0v) is 19.3. The molecule has 0 atom stereocenters. The third-order valence-electron chi connectivity index (χ3n) is 7.22. The molecular formula is C25H29N5O4. The number of nitrogens with zero attached hydrogens (tertiary/aromatic N) is 4. The second-order valence-electron chi connectivity index (χ2n) is 9.62. The number of methoxy groups -OCH3 is 1. The molecule has 1 N–H and O–H groups in total. The van der Waals surface area contributed by atoms with Crippen LogP contribution in [0.15, 0.2) is 41.5 Å². The summed E-state index contributed by atoms with van der Waals surface area (Å²) in [5.41, 5.74) is 3.03. The molecular weight excluding hydrogens is 434 g/mol. The van der Waals surface area contributed by atoms with Crippen LogP contribution in [-0.2, 0) is 13.1 Å². The number of pyridine rings is 3. The molecule has 0 amide bonds. The van der Waals surface area contributed by atoms with Gasteiger partial charge < -0.3 is 29.0 Å². The van der Waals surface area contributed by atoms with Crippen LogP contribution in [-0.4, -0.2) is 65.4 Å². The Kier molecular flexibility index (Phi) is 5.38. The van der Waals surface area contributed by atoms with E-state index in [4.69, 9.17) is 14.2 Å². The number of hydrogen-bond acceptors (Lipinski definition) is 8. The molecule has 1 saturated carbocycles. The van der Waals surface area contributed by atoms with Crippen molar-refractivity contribution in [2.45, 2.75) is 32.0 Å². The maximum absolute atomic E-state index is 12.5. The number of fused-ring (bicyclic) bond motifs is 2. The van der Waals surface area contributed by atoms with Gasteiger partial charge in [-0.25, -0.2) is 0 Å². The standard InChI is InChI=1S/C25H29N5O4/c1-32-19-9-21-20(28-13-19)2-3-24(31)30(21)5-4-29-15-25(16-29)10-18(11-25)26-12-17-8-22-23(14-27-17)34-7-6-33-22/h2-3,8-9,13-14,18,26H,4-7,10-12,15-16H2,1H3. The lowest BCUT2D eigenvalue weighted by Crippen LogP contribution is -2.66. The fourth-order valence-corrected chi connectivity index (χ4v) is 5.52. The smallest absolute Gasteiger partial charge is 0.251 e. The van der Waals surface area contributed by atoms with E-state index < -0.39 is 0 Å². The van der Waals surface area contributed by atoms with Gasteiger partial charge in [-0.15, -0.1) is 0 Å². The number of hydrogen-bond donors (Lipinski definition) is 1. The lowest BCUT2D eigenvalue weighted by atomic mass is 9.60. The summed E-state index contributed by atoms with van der Waals surface area (Å²) in [5, 5.41) is 3.64. The fraction of sp³-hybridized carbons (Fsp3) is 0.480. The Hall–Kier alpha value is -3.17. The molecule has 5 heterocycles. The Balaban J connectivity index is 0.989. The van der Waals surface area contributed by atoms with Crippen molar-refractivity contribution in [1.29, 1.82) is 0 Å². The molecule has 3 aliphatic rings. The van der Waals surface area contributed by atoms with Crippen molar-refractivity contribution in [2.24, 2.45) is 5.41 Å². The number of ether oxygens (including phenoxy) is 3. The van der Waals surface area contributed by atoms with Crippen LogP contribution in [0.1, 0.15) is 18.5 Å². The van der Waals surface area contributed by atoms with Crippen LogP contribution in [0.25, 0.3) is 11.0 Å². The molecule has 2 fully saturated rings. The molecule has 6 rings (SSSR count). The van der Waals surface area contributed by atoms with Crippen molar-refractivity contribution < 1.29 is 14.2 Å². The number of rotatable bonds is 7. The minimum absolute atomic E-state index is 0.00144. The average molecular weight is 464 g/mol. The first kappa shape index (κ1) is 21.4. The highest BCUT2D eigenvalue weighted by Crippen LogP contribution is 2.48. The molecule has 3 aromatic heterocycles. The Morgan fingerprint density at radius 2 is 1.91 bits per heavy atom. The van der Waals surface area contributed by atoms with Crippen LogP contribution < -0.4 is 25.1 Å². The lowest BCUT2D eigenvalue weighted by Gasteiger charge is -2.59. The number of nitrogens with one attached hydrogen (secondary N) is 1. The van der Waals surface area contributed by atoms with Gasteiger partial charge in [0, 0.05) is 57.0 Å². The van der Waals surface area contributed by atoms with Crippen molar-refractivity contribution in [3.63, 3.8) is 0 Å². The van der Waals surface area contributed by atoms with E-state index in [0.29, 0.717) is 37.0 Å². The van der Waals surface area contributed by atoms with Crippen LogP contribution in [0.5, 0.6) is 17.2 Å². The van der Waals surface area contributed by atoms with E-state index in [0.717, 1.165) is 54.4 Å². The van der Waals surface area contributed by atoms with Gasteiger partial charge in [0.1, 0.15) is 19.0 Å². The van der Waals surface area contributed by atoms with Crippen molar-refractivity contribution in [3.05, 3.63) is 52.7 Å². The molecule has 0 aromatic carbocycles. The largest absolute Gasteiger partial charge is 0.495 e. The summed E-state index contributed by atoms with van der Waals surface area (Å²) >= 11 is 0. The van der Waals surface area contributed by atoms with E-state index in [9.17, 15) is 4.79 Å². The maximum atomic E-state index is 12.5. The van der Waals surface area contributed by atoms with Crippen LogP contribution in [0.2, 0.25) is 0 Å². The molecule has 3 aromatic rings. The molecule has 9 heteroatoms. The minimum Gasteiger partial charge on any atom is -0.495 e. The third kappa shape index (κ3) is 3.99. The predicted molar refractivity (Wildman–Crippen MR) is 127 cm³/mol. The highest BCUT2D eigenvalue weighted by Gasteiger charge is 2.51. The lowest BCUT2D eigenvalue weighted by molar-refractivity contribution is -0.0798. The van der Waals surface area contributed by atoms with Gasteiger partial charge in [0.05, 0.1) is 36.2 Å². The molecule has 9 nitrogen and oxygen atoms in total. The summed E-state index contributed by atoms with van der Waals surface area (Å²) in [6.07, 6.45) is 5.80. The van der Waals surface area contributed by atoms with Crippen LogP contribution >= 0.6 is 0 Å².